The van der Waals surface area contributed by atoms with Gasteiger partial charge in [0, 0.05) is 28.6 Å². The lowest BCUT2D eigenvalue weighted by Crippen LogP contribution is -2.32. The normalized spacial score (nSPS) is 11.5. The third kappa shape index (κ3) is 5.60. The minimum atomic E-state index is -0.196. The molecule has 0 heterocycles. The Bertz CT molecular complexity index is 732. The summed E-state index contributed by atoms with van der Waals surface area (Å²) in [5, 5.41) is 5.66. The second kappa shape index (κ2) is 9.22. The Balaban J connectivity index is 1.80. The highest BCUT2D eigenvalue weighted by Crippen LogP contribution is 2.24. The molecular formula is C19H21BrN2O3. The van der Waals surface area contributed by atoms with Gasteiger partial charge < -0.3 is 15.4 Å². The molecule has 0 aliphatic rings. The van der Waals surface area contributed by atoms with E-state index < -0.39 is 0 Å². The first-order chi connectivity index (χ1) is 12.0. The largest absolute Gasteiger partial charge is 0.496 e. The molecule has 25 heavy (non-hydrogen) atoms. The molecule has 2 rings (SSSR count). The Kier molecular flexibility index (Phi) is 7.01. The second-order valence-electron chi connectivity index (χ2n) is 5.54. The Labute approximate surface area is 155 Å². The Hall–Kier alpha value is -2.34. The smallest absolute Gasteiger partial charge is 0.251 e. The van der Waals surface area contributed by atoms with Gasteiger partial charge in [-0.25, -0.2) is 0 Å². The number of halogens is 1. The van der Waals surface area contributed by atoms with Gasteiger partial charge in [0.2, 0.25) is 5.91 Å². The molecule has 2 N–H and O–H groups in total. The molecule has 2 amide bonds. The maximum absolute atomic E-state index is 12.1. The van der Waals surface area contributed by atoms with E-state index >= 15 is 0 Å². The SMILES string of the molecule is COc1ccccc1[C@@H](C)NC(=O)CCNC(=O)c1ccc(Br)cc1. The lowest BCUT2D eigenvalue weighted by atomic mass is 10.1. The van der Waals surface area contributed by atoms with Crippen LogP contribution in [0.1, 0.15) is 35.3 Å². The van der Waals surface area contributed by atoms with Gasteiger partial charge in [-0.3, -0.25) is 9.59 Å². The zero-order chi connectivity index (χ0) is 18.2. The number of amides is 2. The zero-order valence-corrected chi connectivity index (χ0v) is 15.8. The number of hydrogen-bond acceptors (Lipinski definition) is 3. The molecule has 0 bridgehead atoms. The lowest BCUT2D eigenvalue weighted by Gasteiger charge is -2.17. The molecule has 132 valence electrons. The fraction of sp³-hybridized carbons (Fsp3) is 0.263. The summed E-state index contributed by atoms with van der Waals surface area (Å²) >= 11 is 3.33. The van der Waals surface area contributed by atoms with Crippen LogP contribution in [0.15, 0.2) is 53.0 Å². The summed E-state index contributed by atoms with van der Waals surface area (Å²) in [7, 11) is 1.60. The zero-order valence-electron chi connectivity index (χ0n) is 14.2. The van der Waals surface area contributed by atoms with Gasteiger partial charge in [-0.2, -0.15) is 0 Å². The van der Waals surface area contributed by atoms with Crippen LogP contribution in [-0.2, 0) is 4.79 Å². The molecule has 0 radical (unpaired) electrons. The van der Waals surface area contributed by atoms with Gasteiger partial charge in [0.1, 0.15) is 5.75 Å². The first kappa shape index (κ1) is 19.0. The number of methoxy groups -OCH3 is 1. The van der Waals surface area contributed by atoms with Crippen LogP contribution in [0.4, 0.5) is 0 Å². The predicted molar refractivity (Wildman–Crippen MR) is 101 cm³/mol. The molecule has 0 aromatic heterocycles. The molecule has 0 aliphatic carbocycles. The van der Waals surface area contributed by atoms with Crippen LogP contribution in [0.5, 0.6) is 5.75 Å². The summed E-state index contributed by atoms with van der Waals surface area (Å²) in [5.74, 6) is 0.409. The molecular weight excluding hydrogens is 384 g/mol. The van der Waals surface area contributed by atoms with Crippen molar-refractivity contribution in [3.05, 3.63) is 64.1 Å². The molecule has 0 unspecified atom stereocenters. The Morgan fingerprint density at radius 2 is 1.80 bits per heavy atom. The molecule has 0 fully saturated rings. The van der Waals surface area contributed by atoms with Crippen LogP contribution in [0, 0.1) is 0 Å². The summed E-state index contributed by atoms with van der Waals surface area (Å²) in [5.41, 5.74) is 1.48. The first-order valence-electron chi connectivity index (χ1n) is 7.97. The van der Waals surface area contributed by atoms with Crippen molar-refractivity contribution in [3.8, 4) is 5.75 Å². The third-order valence-corrected chi connectivity index (χ3v) is 4.26. The van der Waals surface area contributed by atoms with Crippen molar-refractivity contribution in [1.29, 1.82) is 0 Å². The summed E-state index contributed by atoms with van der Waals surface area (Å²) in [6, 6.07) is 14.4. The quantitative estimate of drug-likeness (QED) is 0.742. The number of nitrogens with one attached hydrogen (secondary N) is 2. The van der Waals surface area contributed by atoms with Gasteiger partial charge in [0.15, 0.2) is 0 Å². The topological polar surface area (TPSA) is 67.4 Å². The fourth-order valence-electron chi connectivity index (χ4n) is 2.41. The number of para-hydroxylation sites is 1. The van der Waals surface area contributed by atoms with Crippen molar-refractivity contribution in [2.24, 2.45) is 0 Å². The van der Waals surface area contributed by atoms with E-state index in [1.807, 2.05) is 31.2 Å². The van der Waals surface area contributed by atoms with Gasteiger partial charge in [0.25, 0.3) is 5.91 Å². The van der Waals surface area contributed by atoms with E-state index in [1.54, 1.807) is 31.4 Å². The minimum Gasteiger partial charge on any atom is -0.496 e. The summed E-state index contributed by atoms with van der Waals surface area (Å²) < 4.78 is 6.22. The molecule has 0 aliphatic heterocycles. The molecule has 5 nitrogen and oxygen atoms in total. The van der Waals surface area contributed by atoms with E-state index in [0.717, 1.165) is 15.8 Å². The highest BCUT2D eigenvalue weighted by molar-refractivity contribution is 9.10. The van der Waals surface area contributed by atoms with Gasteiger partial charge in [0.05, 0.1) is 13.2 Å². The highest BCUT2D eigenvalue weighted by atomic mass is 79.9. The molecule has 6 heteroatoms. The van der Waals surface area contributed by atoms with Gasteiger partial charge in [-0.05, 0) is 37.3 Å². The molecule has 0 saturated carbocycles. The van der Waals surface area contributed by atoms with Crippen molar-refractivity contribution in [1.82, 2.24) is 10.6 Å². The predicted octanol–water partition coefficient (Wildman–Crippen LogP) is 3.46. The summed E-state index contributed by atoms with van der Waals surface area (Å²) in [6.07, 6.45) is 0.210. The van der Waals surface area contributed by atoms with Gasteiger partial charge in [-0.15, -0.1) is 0 Å². The van der Waals surface area contributed by atoms with Crippen molar-refractivity contribution in [2.75, 3.05) is 13.7 Å². The van der Waals surface area contributed by atoms with E-state index in [0.29, 0.717) is 5.56 Å². The standard InChI is InChI=1S/C19H21BrN2O3/c1-13(16-5-3-4-6-17(16)25-2)22-18(23)11-12-21-19(24)14-7-9-15(20)10-8-14/h3-10,13H,11-12H2,1-2H3,(H,21,24)(H,22,23)/t13-/m1/s1. The van der Waals surface area contributed by atoms with E-state index in [9.17, 15) is 9.59 Å². The average Bonchev–Trinajstić information content (AvgIpc) is 2.62. The number of carbonyl (C=O) groups is 2. The summed E-state index contributed by atoms with van der Waals surface area (Å²) in [4.78, 5) is 24.1. The second-order valence-corrected chi connectivity index (χ2v) is 6.46. The number of ether oxygens (including phenoxy) is 1. The number of rotatable bonds is 7. The van der Waals surface area contributed by atoms with Crippen LogP contribution >= 0.6 is 15.9 Å². The van der Waals surface area contributed by atoms with E-state index in [1.165, 1.54) is 0 Å². The third-order valence-electron chi connectivity index (χ3n) is 3.73. The monoisotopic (exact) mass is 404 g/mol. The average molecular weight is 405 g/mol. The lowest BCUT2D eigenvalue weighted by molar-refractivity contribution is -0.121. The minimum absolute atomic E-state index is 0.130. The number of carbonyl (C=O) groups excluding carboxylic acids is 2. The van der Waals surface area contributed by atoms with Crippen molar-refractivity contribution in [2.45, 2.75) is 19.4 Å². The van der Waals surface area contributed by atoms with Crippen molar-refractivity contribution >= 4 is 27.7 Å². The maximum atomic E-state index is 12.1. The fourth-order valence-corrected chi connectivity index (χ4v) is 2.67. The molecule has 0 spiro atoms. The van der Waals surface area contributed by atoms with Gasteiger partial charge in [-0.1, -0.05) is 34.1 Å². The van der Waals surface area contributed by atoms with Crippen LogP contribution in [-0.4, -0.2) is 25.5 Å². The number of benzene rings is 2. The maximum Gasteiger partial charge on any atom is 0.251 e. The first-order valence-corrected chi connectivity index (χ1v) is 8.76. The molecule has 0 saturated heterocycles. The van der Waals surface area contributed by atoms with Gasteiger partial charge >= 0.3 is 0 Å². The highest BCUT2D eigenvalue weighted by Gasteiger charge is 2.13. The Morgan fingerprint density at radius 1 is 1.12 bits per heavy atom. The molecule has 2 aromatic rings. The van der Waals surface area contributed by atoms with Crippen LogP contribution in [0.2, 0.25) is 0 Å². The van der Waals surface area contributed by atoms with Crippen molar-refractivity contribution in [3.63, 3.8) is 0 Å². The van der Waals surface area contributed by atoms with E-state index in [-0.39, 0.29) is 30.8 Å². The van der Waals surface area contributed by atoms with E-state index in [2.05, 4.69) is 26.6 Å². The van der Waals surface area contributed by atoms with Crippen molar-refractivity contribution < 1.29 is 14.3 Å². The Morgan fingerprint density at radius 3 is 2.48 bits per heavy atom. The van der Waals surface area contributed by atoms with Crippen LogP contribution in [0.3, 0.4) is 0 Å². The molecule has 2 aromatic carbocycles. The molecule has 1 atom stereocenters. The summed E-state index contributed by atoms with van der Waals surface area (Å²) in [6.45, 7) is 2.18. The van der Waals surface area contributed by atoms with E-state index in [4.69, 9.17) is 4.74 Å². The van der Waals surface area contributed by atoms with Crippen LogP contribution < -0.4 is 15.4 Å². The van der Waals surface area contributed by atoms with Crippen LogP contribution in [0.25, 0.3) is 0 Å². The number of hydrogen-bond donors (Lipinski definition) is 2.